The van der Waals surface area contributed by atoms with Crippen molar-refractivity contribution in [2.45, 2.75) is 11.9 Å². The molecular formula is C10H9BrCl2O3. The molecule has 0 spiro atoms. The van der Waals surface area contributed by atoms with Crippen LogP contribution >= 0.6 is 39.1 Å². The van der Waals surface area contributed by atoms with Gasteiger partial charge in [0.25, 0.3) is 5.24 Å². The molecular weight excluding hydrogens is 319 g/mol. The maximum atomic E-state index is 11.1. The Morgan fingerprint density at radius 3 is 2.56 bits per heavy atom. The second kappa shape index (κ2) is 5.75. The second-order valence-corrected chi connectivity index (χ2v) is 4.90. The van der Waals surface area contributed by atoms with Crippen LogP contribution in [0.5, 0.6) is 11.5 Å². The van der Waals surface area contributed by atoms with Crippen molar-refractivity contribution in [3.05, 3.63) is 22.7 Å². The summed E-state index contributed by atoms with van der Waals surface area (Å²) < 4.78 is 10.5. The summed E-state index contributed by atoms with van der Waals surface area (Å²) in [7, 11) is 1.49. The van der Waals surface area contributed by atoms with E-state index in [0.717, 1.165) is 0 Å². The van der Waals surface area contributed by atoms with Gasteiger partial charge in [0.15, 0.2) is 16.5 Å². The highest BCUT2D eigenvalue weighted by Gasteiger charge is 2.18. The molecule has 88 valence electrons. The van der Waals surface area contributed by atoms with Crippen LogP contribution in [0.15, 0.2) is 12.1 Å². The van der Waals surface area contributed by atoms with E-state index in [1.807, 2.05) is 0 Å². The Kier molecular flexibility index (Phi) is 4.89. The molecule has 0 saturated heterocycles. The van der Waals surface area contributed by atoms with Crippen LogP contribution in [0.3, 0.4) is 0 Å². The van der Waals surface area contributed by atoms with E-state index in [-0.39, 0.29) is 15.6 Å². The number of hydrogen-bond acceptors (Lipinski definition) is 3. The fourth-order valence-corrected chi connectivity index (χ4v) is 1.80. The zero-order valence-corrected chi connectivity index (χ0v) is 11.7. The van der Waals surface area contributed by atoms with Crippen molar-refractivity contribution >= 4 is 44.4 Å². The third-order valence-corrected chi connectivity index (χ3v) is 2.54. The largest absolute Gasteiger partial charge is 0.493 e. The van der Waals surface area contributed by atoms with Crippen LogP contribution in [-0.2, 0) is 0 Å². The summed E-state index contributed by atoms with van der Waals surface area (Å²) in [6.07, 6.45) is 0. The SMILES string of the molecule is COc1ccc(C(=O)Cl)c(Cl)c1OC(C)Br. The molecule has 1 atom stereocenters. The van der Waals surface area contributed by atoms with Gasteiger partial charge in [-0.2, -0.15) is 0 Å². The van der Waals surface area contributed by atoms with Crippen LogP contribution < -0.4 is 9.47 Å². The number of methoxy groups -OCH3 is 1. The molecule has 0 radical (unpaired) electrons. The van der Waals surface area contributed by atoms with Gasteiger partial charge < -0.3 is 9.47 Å². The molecule has 0 aliphatic heterocycles. The molecule has 0 bridgehead atoms. The second-order valence-electron chi connectivity index (χ2n) is 2.89. The summed E-state index contributed by atoms with van der Waals surface area (Å²) in [6.45, 7) is 1.77. The highest BCUT2D eigenvalue weighted by Crippen LogP contribution is 2.39. The fourth-order valence-electron chi connectivity index (χ4n) is 1.12. The van der Waals surface area contributed by atoms with Crippen LogP contribution in [0, 0.1) is 0 Å². The van der Waals surface area contributed by atoms with E-state index in [4.69, 9.17) is 32.7 Å². The smallest absolute Gasteiger partial charge is 0.254 e. The van der Waals surface area contributed by atoms with E-state index in [1.54, 1.807) is 13.0 Å². The first-order chi connectivity index (χ1) is 7.47. The third kappa shape index (κ3) is 3.03. The van der Waals surface area contributed by atoms with E-state index >= 15 is 0 Å². The molecule has 0 heterocycles. The summed E-state index contributed by atoms with van der Waals surface area (Å²) in [5.74, 6) is 0.734. The first kappa shape index (κ1) is 13.6. The minimum absolute atomic E-state index is 0.144. The average Bonchev–Trinajstić information content (AvgIpc) is 2.19. The van der Waals surface area contributed by atoms with Gasteiger partial charge in [0, 0.05) is 0 Å². The Labute approximate surface area is 112 Å². The minimum atomic E-state index is -0.639. The molecule has 0 aliphatic carbocycles. The van der Waals surface area contributed by atoms with E-state index in [1.165, 1.54) is 13.2 Å². The number of rotatable bonds is 4. The maximum Gasteiger partial charge on any atom is 0.254 e. The monoisotopic (exact) mass is 326 g/mol. The lowest BCUT2D eigenvalue weighted by Gasteiger charge is -2.15. The van der Waals surface area contributed by atoms with Crippen molar-refractivity contribution in [1.82, 2.24) is 0 Å². The van der Waals surface area contributed by atoms with Gasteiger partial charge in [0.1, 0.15) is 0 Å². The highest BCUT2D eigenvalue weighted by molar-refractivity contribution is 9.09. The number of carbonyl (C=O) groups excluding carboxylic acids is 1. The fraction of sp³-hybridized carbons (Fsp3) is 0.300. The number of hydrogen-bond donors (Lipinski definition) is 0. The number of ether oxygens (including phenoxy) is 2. The Balaban J connectivity index is 3.28. The summed E-state index contributed by atoms with van der Waals surface area (Å²) >= 11 is 14.6. The van der Waals surface area contributed by atoms with Gasteiger partial charge in [-0.25, -0.2) is 0 Å². The van der Waals surface area contributed by atoms with Crippen LogP contribution in [-0.4, -0.2) is 17.4 Å². The number of halogens is 3. The molecule has 3 nitrogen and oxygen atoms in total. The Morgan fingerprint density at radius 1 is 1.50 bits per heavy atom. The standard InChI is InChI=1S/C10H9BrCl2O3/c1-5(11)16-9-7(15-2)4-3-6(8(9)12)10(13)14/h3-5H,1-2H3. The number of alkyl halides is 1. The molecule has 1 unspecified atom stereocenters. The summed E-state index contributed by atoms with van der Waals surface area (Å²) in [5, 5.41) is -0.759. The van der Waals surface area contributed by atoms with Crippen molar-refractivity contribution in [2.75, 3.05) is 7.11 Å². The minimum Gasteiger partial charge on any atom is -0.493 e. The molecule has 1 rings (SSSR count). The predicted molar refractivity (Wildman–Crippen MR) is 67.2 cm³/mol. The van der Waals surface area contributed by atoms with Gasteiger partial charge in [-0.05, 0) is 46.6 Å². The van der Waals surface area contributed by atoms with Gasteiger partial charge >= 0.3 is 0 Å². The lowest BCUT2D eigenvalue weighted by atomic mass is 10.2. The summed E-state index contributed by atoms with van der Waals surface area (Å²) in [4.78, 5) is 11.1. The zero-order valence-electron chi connectivity index (χ0n) is 8.59. The molecule has 0 aliphatic rings. The summed E-state index contributed by atoms with van der Waals surface area (Å²) in [5.41, 5.74) is 0.187. The molecule has 6 heteroatoms. The topological polar surface area (TPSA) is 35.5 Å². The molecule has 1 aromatic rings. The normalized spacial score (nSPS) is 12.1. The van der Waals surface area contributed by atoms with Gasteiger partial charge in [0.05, 0.1) is 17.7 Å². The van der Waals surface area contributed by atoms with Crippen LogP contribution in [0.4, 0.5) is 0 Å². The first-order valence-electron chi connectivity index (χ1n) is 4.34. The molecule has 0 aromatic heterocycles. The van der Waals surface area contributed by atoms with Crippen molar-refractivity contribution in [1.29, 1.82) is 0 Å². The first-order valence-corrected chi connectivity index (χ1v) is 6.01. The summed E-state index contributed by atoms with van der Waals surface area (Å²) in [6, 6.07) is 3.06. The lowest BCUT2D eigenvalue weighted by Crippen LogP contribution is -2.05. The maximum absolute atomic E-state index is 11.1. The molecule has 0 amide bonds. The quantitative estimate of drug-likeness (QED) is 0.622. The molecule has 1 aromatic carbocycles. The molecule has 16 heavy (non-hydrogen) atoms. The average molecular weight is 328 g/mol. The zero-order chi connectivity index (χ0) is 12.3. The molecule has 0 saturated carbocycles. The van der Waals surface area contributed by atoms with Crippen LogP contribution in [0.1, 0.15) is 17.3 Å². The molecule has 0 N–H and O–H groups in total. The predicted octanol–water partition coefficient (Wildman–Crippen LogP) is 3.85. The van der Waals surface area contributed by atoms with E-state index in [0.29, 0.717) is 11.5 Å². The van der Waals surface area contributed by atoms with Gasteiger partial charge in [-0.15, -0.1) is 0 Å². The number of benzene rings is 1. The highest BCUT2D eigenvalue weighted by atomic mass is 79.9. The van der Waals surface area contributed by atoms with Crippen LogP contribution in [0.25, 0.3) is 0 Å². The van der Waals surface area contributed by atoms with Gasteiger partial charge in [0.2, 0.25) is 0 Å². The number of carbonyl (C=O) groups is 1. The third-order valence-electron chi connectivity index (χ3n) is 1.77. The van der Waals surface area contributed by atoms with Crippen LogP contribution in [0.2, 0.25) is 5.02 Å². The van der Waals surface area contributed by atoms with E-state index < -0.39 is 5.24 Å². The lowest BCUT2D eigenvalue weighted by molar-refractivity contribution is 0.108. The Morgan fingerprint density at radius 2 is 2.12 bits per heavy atom. The Bertz CT molecular complexity index is 407. The Hall–Kier alpha value is -0.450. The van der Waals surface area contributed by atoms with Crippen molar-refractivity contribution in [3.8, 4) is 11.5 Å². The molecule has 0 fully saturated rings. The van der Waals surface area contributed by atoms with Gasteiger partial charge in [-0.1, -0.05) is 11.6 Å². The van der Waals surface area contributed by atoms with E-state index in [2.05, 4.69) is 15.9 Å². The van der Waals surface area contributed by atoms with Crippen molar-refractivity contribution in [2.24, 2.45) is 0 Å². The van der Waals surface area contributed by atoms with Gasteiger partial charge in [-0.3, -0.25) is 4.79 Å². The van der Waals surface area contributed by atoms with E-state index in [9.17, 15) is 4.79 Å². The van der Waals surface area contributed by atoms with Crippen molar-refractivity contribution < 1.29 is 14.3 Å². The van der Waals surface area contributed by atoms with Crippen molar-refractivity contribution in [3.63, 3.8) is 0 Å².